The molecule has 0 saturated carbocycles. The molecule has 29 heavy (non-hydrogen) atoms. The van der Waals surface area contributed by atoms with Crippen molar-refractivity contribution in [1.29, 1.82) is 0 Å². The Kier molecular flexibility index (Phi) is 6.51. The van der Waals surface area contributed by atoms with E-state index in [1.165, 1.54) is 27.4 Å². The number of nitrogens with zero attached hydrogens (tertiary/aromatic N) is 2. The summed E-state index contributed by atoms with van der Waals surface area (Å²) in [4.78, 5) is 14.3. The van der Waals surface area contributed by atoms with E-state index in [2.05, 4.69) is 0 Å². The molecule has 1 aliphatic rings. The quantitative estimate of drug-likeness (QED) is 0.774. The molecule has 1 atom stereocenters. The lowest BCUT2D eigenvalue weighted by molar-refractivity contribution is 0.0784. The van der Waals surface area contributed by atoms with Gasteiger partial charge in [-0.1, -0.05) is 36.7 Å². The molecule has 8 heteroatoms. The van der Waals surface area contributed by atoms with Crippen molar-refractivity contribution in [3.63, 3.8) is 0 Å². The second kappa shape index (κ2) is 8.73. The molecule has 0 aliphatic carbocycles. The predicted molar refractivity (Wildman–Crippen MR) is 113 cm³/mol. The molecule has 1 heterocycles. The Hall–Kier alpha value is -2.09. The van der Waals surface area contributed by atoms with Gasteiger partial charge < -0.3 is 10.0 Å². The van der Waals surface area contributed by atoms with E-state index < -0.39 is 10.0 Å². The van der Waals surface area contributed by atoms with E-state index in [1.807, 2.05) is 6.92 Å². The molecule has 2 aromatic rings. The normalized spacial score (nSPS) is 17.8. The highest BCUT2D eigenvalue weighted by atomic mass is 35.5. The largest absolute Gasteiger partial charge is 0.508 e. The van der Waals surface area contributed by atoms with Gasteiger partial charge in [-0.3, -0.25) is 4.79 Å². The number of amides is 1. The smallest absolute Gasteiger partial charge is 0.253 e. The van der Waals surface area contributed by atoms with Crippen molar-refractivity contribution < 1.29 is 18.3 Å². The van der Waals surface area contributed by atoms with Crippen LogP contribution < -0.4 is 0 Å². The number of hydrogen-bond donors (Lipinski definition) is 1. The third kappa shape index (κ3) is 4.74. The molecular formula is C21H25ClN2O4S. The highest BCUT2D eigenvalue weighted by Gasteiger charge is 2.31. The van der Waals surface area contributed by atoms with E-state index in [0.717, 1.165) is 12.8 Å². The van der Waals surface area contributed by atoms with E-state index >= 15 is 0 Å². The summed E-state index contributed by atoms with van der Waals surface area (Å²) in [6.07, 6.45) is 1.80. The summed E-state index contributed by atoms with van der Waals surface area (Å²) < 4.78 is 27.7. The lowest BCUT2D eigenvalue weighted by Crippen LogP contribution is -2.39. The number of phenolic OH excluding ortho intramolecular Hbond substituents is 1. The fourth-order valence-electron chi connectivity index (χ4n) is 3.53. The second-order valence-corrected chi connectivity index (χ2v) is 9.86. The molecule has 1 aliphatic heterocycles. The molecule has 1 amide bonds. The Morgan fingerprint density at radius 3 is 2.69 bits per heavy atom. The van der Waals surface area contributed by atoms with Gasteiger partial charge in [-0.2, -0.15) is 4.31 Å². The molecular weight excluding hydrogens is 412 g/mol. The summed E-state index contributed by atoms with van der Waals surface area (Å²) in [5.74, 6) is 0.0333. The molecule has 156 valence electrons. The minimum Gasteiger partial charge on any atom is -0.508 e. The van der Waals surface area contributed by atoms with Crippen LogP contribution in [0.5, 0.6) is 5.75 Å². The minimum absolute atomic E-state index is 0.0462. The first-order chi connectivity index (χ1) is 13.7. The van der Waals surface area contributed by atoms with Crippen molar-refractivity contribution in [1.82, 2.24) is 9.21 Å². The molecule has 1 fully saturated rings. The van der Waals surface area contributed by atoms with Crippen LogP contribution >= 0.6 is 11.6 Å². The standard InChI is InChI=1S/C21H25ClN2O4S/c1-15-6-5-11-24(13-15)29(27,28)20-12-16(9-10-18(20)22)21(26)23(2)14-17-7-3-4-8-19(17)25/h3-4,7-10,12,15,25H,5-6,11,13-14H2,1-2H3. The molecule has 1 N–H and O–H groups in total. The van der Waals surface area contributed by atoms with E-state index in [0.29, 0.717) is 18.7 Å². The van der Waals surface area contributed by atoms with Crippen LogP contribution in [0.2, 0.25) is 5.02 Å². The van der Waals surface area contributed by atoms with Gasteiger partial charge in [-0.15, -0.1) is 0 Å². The average Bonchev–Trinajstić information content (AvgIpc) is 2.69. The molecule has 2 aromatic carbocycles. The van der Waals surface area contributed by atoms with Crippen molar-refractivity contribution in [2.24, 2.45) is 5.92 Å². The third-order valence-corrected chi connectivity index (χ3v) is 7.51. The summed E-state index contributed by atoms with van der Waals surface area (Å²) in [5, 5.41) is 10.0. The first kappa shape index (κ1) is 21.6. The summed E-state index contributed by atoms with van der Waals surface area (Å²) in [5.41, 5.74) is 0.836. The van der Waals surface area contributed by atoms with Gasteiger partial charge in [0.2, 0.25) is 10.0 Å². The monoisotopic (exact) mass is 436 g/mol. The number of sulfonamides is 1. The van der Waals surface area contributed by atoms with E-state index in [4.69, 9.17) is 11.6 Å². The van der Waals surface area contributed by atoms with Gasteiger partial charge in [0.25, 0.3) is 5.91 Å². The Morgan fingerprint density at radius 2 is 2.00 bits per heavy atom. The topological polar surface area (TPSA) is 77.9 Å². The summed E-state index contributed by atoms with van der Waals surface area (Å²) in [6.45, 7) is 3.12. The van der Waals surface area contributed by atoms with Crippen molar-refractivity contribution in [2.75, 3.05) is 20.1 Å². The number of halogens is 1. The van der Waals surface area contributed by atoms with Crippen molar-refractivity contribution >= 4 is 27.5 Å². The van der Waals surface area contributed by atoms with Gasteiger partial charge in [-0.25, -0.2) is 8.42 Å². The van der Waals surface area contributed by atoms with Crippen LogP contribution in [0.15, 0.2) is 47.4 Å². The van der Waals surface area contributed by atoms with Gasteiger partial charge >= 0.3 is 0 Å². The van der Waals surface area contributed by atoms with E-state index in [-0.39, 0.29) is 39.6 Å². The third-order valence-electron chi connectivity index (χ3n) is 5.16. The van der Waals surface area contributed by atoms with Gasteiger partial charge in [0.1, 0.15) is 10.6 Å². The molecule has 1 saturated heterocycles. The fraction of sp³-hybridized carbons (Fsp3) is 0.381. The molecule has 0 radical (unpaired) electrons. The summed E-state index contributed by atoms with van der Waals surface area (Å²) >= 11 is 6.21. The Balaban J connectivity index is 1.86. The van der Waals surface area contributed by atoms with Crippen LogP contribution in [0.3, 0.4) is 0 Å². The molecule has 3 rings (SSSR count). The molecule has 1 unspecified atom stereocenters. The van der Waals surface area contributed by atoms with Crippen LogP contribution in [-0.4, -0.2) is 48.8 Å². The number of rotatable bonds is 5. The maximum Gasteiger partial charge on any atom is 0.253 e. The first-order valence-electron chi connectivity index (χ1n) is 9.52. The number of aromatic hydroxyl groups is 1. The van der Waals surface area contributed by atoms with Crippen molar-refractivity contribution in [2.45, 2.75) is 31.2 Å². The Labute approximate surface area is 176 Å². The Bertz CT molecular complexity index is 1010. The summed E-state index contributed by atoms with van der Waals surface area (Å²) in [6, 6.07) is 11.1. The lowest BCUT2D eigenvalue weighted by atomic mass is 10.0. The van der Waals surface area contributed by atoms with E-state index in [9.17, 15) is 18.3 Å². The van der Waals surface area contributed by atoms with Crippen molar-refractivity contribution in [3.8, 4) is 5.75 Å². The number of phenols is 1. The van der Waals surface area contributed by atoms with Crippen LogP contribution in [0.25, 0.3) is 0 Å². The highest BCUT2D eigenvalue weighted by molar-refractivity contribution is 7.89. The van der Waals surface area contributed by atoms with Crippen LogP contribution in [-0.2, 0) is 16.6 Å². The maximum atomic E-state index is 13.1. The zero-order valence-corrected chi connectivity index (χ0v) is 18.1. The molecule has 0 aromatic heterocycles. The predicted octanol–water partition coefficient (Wildman–Crippen LogP) is 3.74. The lowest BCUT2D eigenvalue weighted by Gasteiger charge is -2.30. The van der Waals surface area contributed by atoms with Gasteiger partial charge in [-0.05, 0) is 43.0 Å². The summed E-state index contributed by atoms with van der Waals surface area (Å²) in [7, 11) is -2.18. The highest BCUT2D eigenvalue weighted by Crippen LogP contribution is 2.29. The van der Waals surface area contributed by atoms with Gasteiger partial charge in [0.15, 0.2) is 0 Å². The first-order valence-corrected chi connectivity index (χ1v) is 11.3. The van der Waals surface area contributed by atoms with E-state index in [1.54, 1.807) is 31.3 Å². The maximum absolute atomic E-state index is 13.1. The number of carbonyl (C=O) groups excluding carboxylic acids is 1. The average molecular weight is 437 g/mol. The van der Waals surface area contributed by atoms with Crippen LogP contribution in [0, 0.1) is 5.92 Å². The van der Waals surface area contributed by atoms with Gasteiger partial charge in [0, 0.05) is 37.8 Å². The molecule has 6 nitrogen and oxygen atoms in total. The van der Waals surface area contributed by atoms with Crippen LogP contribution in [0.4, 0.5) is 0 Å². The molecule has 0 bridgehead atoms. The fourth-order valence-corrected chi connectivity index (χ4v) is 5.63. The van der Waals surface area contributed by atoms with Gasteiger partial charge in [0.05, 0.1) is 5.02 Å². The van der Waals surface area contributed by atoms with Crippen LogP contribution in [0.1, 0.15) is 35.7 Å². The number of hydrogen-bond acceptors (Lipinski definition) is 4. The zero-order chi connectivity index (χ0) is 21.2. The zero-order valence-electron chi connectivity index (χ0n) is 16.5. The number of para-hydroxylation sites is 1. The molecule has 0 spiro atoms. The Morgan fingerprint density at radius 1 is 1.28 bits per heavy atom. The number of piperidine rings is 1. The van der Waals surface area contributed by atoms with Crippen molar-refractivity contribution in [3.05, 3.63) is 58.6 Å². The second-order valence-electron chi connectivity index (χ2n) is 7.55. The minimum atomic E-state index is -3.78. The SMILES string of the molecule is CC1CCCN(S(=O)(=O)c2cc(C(=O)N(C)Cc3ccccc3O)ccc2Cl)C1. The number of carbonyl (C=O) groups is 1. The number of benzene rings is 2.